The highest BCUT2D eigenvalue weighted by Crippen LogP contribution is 2.24. The maximum atomic E-state index is 10.9. The first kappa shape index (κ1) is 14.8. The van der Waals surface area contributed by atoms with Gasteiger partial charge in [-0.2, -0.15) is 0 Å². The van der Waals surface area contributed by atoms with Crippen molar-refractivity contribution >= 4 is 22.3 Å². The van der Waals surface area contributed by atoms with Gasteiger partial charge in [-0.05, 0) is 28.8 Å². The predicted molar refractivity (Wildman–Crippen MR) is 87.9 cm³/mol. The van der Waals surface area contributed by atoms with Gasteiger partial charge < -0.3 is 4.74 Å². The molecule has 2 heteroatoms. The molecule has 0 unspecified atom stereocenters. The number of benzene rings is 2. The van der Waals surface area contributed by atoms with Crippen LogP contribution in [0.25, 0.3) is 16.3 Å². The Morgan fingerprint density at radius 1 is 1.00 bits per heavy atom. The lowest BCUT2D eigenvalue weighted by Gasteiger charge is -2.06. The van der Waals surface area contributed by atoms with E-state index in [-0.39, 0.29) is 5.97 Å². The van der Waals surface area contributed by atoms with Crippen molar-refractivity contribution in [2.24, 2.45) is 0 Å². The van der Waals surface area contributed by atoms with Crippen molar-refractivity contribution in [1.82, 2.24) is 0 Å². The number of fused-ring (bicyclic) bond motifs is 1. The third-order valence-corrected chi connectivity index (χ3v) is 3.22. The molecule has 0 radical (unpaired) electrons. The fourth-order valence-corrected chi connectivity index (χ4v) is 2.13. The maximum Gasteiger partial charge on any atom is 0.330 e. The summed E-state index contributed by atoms with van der Waals surface area (Å²) in [7, 11) is 1.36. The summed E-state index contributed by atoms with van der Waals surface area (Å²) >= 11 is 0. The van der Waals surface area contributed by atoms with Gasteiger partial charge >= 0.3 is 5.97 Å². The van der Waals surface area contributed by atoms with E-state index in [4.69, 9.17) is 0 Å². The molecule has 0 aliphatic heterocycles. The van der Waals surface area contributed by atoms with Crippen molar-refractivity contribution in [3.8, 4) is 0 Å². The molecular weight excluding hydrogens is 260 g/mol. The average Bonchev–Trinajstić information content (AvgIpc) is 2.53. The van der Waals surface area contributed by atoms with Crippen molar-refractivity contribution < 1.29 is 9.53 Å². The highest BCUT2D eigenvalue weighted by Gasteiger charge is 2.00. The van der Waals surface area contributed by atoms with Gasteiger partial charge in [0.1, 0.15) is 0 Å². The Hall–Kier alpha value is -2.61. The molecule has 0 N–H and O–H groups in total. The van der Waals surface area contributed by atoms with E-state index in [9.17, 15) is 4.79 Å². The number of carbonyl (C=O) groups is 1. The number of esters is 1. The van der Waals surface area contributed by atoms with Crippen LogP contribution in [0.15, 0.2) is 72.8 Å². The van der Waals surface area contributed by atoms with E-state index >= 15 is 0 Å². The van der Waals surface area contributed by atoms with Crippen LogP contribution >= 0.6 is 0 Å². The Kier molecular flexibility index (Phi) is 5.10. The van der Waals surface area contributed by atoms with Crippen LogP contribution in [0.4, 0.5) is 0 Å². The summed E-state index contributed by atoms with van der Waals surface area (Å²) in [6, 6.07) is 14.6. The van der Waals surface area contributed by atoms with Gasteiger partial charge in [0.05, 0.1) is 7.11 Å². The van der Waals surface area contributed by atoms with E-state index in [1.807, 2.05) is 30.4 Å². The number of ether oxygens (including phenoxy) is 1. The highest BCUT2D eigenvalue weighted by molar-refractivity contribution is 5.93. The highest BCUT2D eigenvalue weighted by atomic mass is 16.5. The summed E-state index contributed by atoms with van der Waals surface area (Å²) in [6.45, 7) is 2.08. The Balaban J connectivity index is 2.20. The fourth-order valence-electron chi connectivity index (χ4n) is 2.13. The van der Waals surface area contributed by atoms with Gasteiger partial charge in [0.15, 0.2) is 0 Å². The molecule has 21 heavy (non-hydrogen) atoms. The van der Waals surface area contributed by atoms with Crippen LogP contribution in [0, 0.1) is 0 Å². The van der Waals surface area contributed by atoms with E-state index < -0.39 is 0 Å². The van der Waals surface area contributed by atoms with Gasteiger partial charge in [-0.25, -0.2) is 4.79 Å². The first-order valence-corrected chi connectivity index (χ1v) is 6.80. The topological polar surface area (TPSA) is 26.3 Å². The van der Waals surface area contributed by atoms with Crippen LogP contribution in [0.1, 0.15) is 12.5 Å². The number of hydrogen-bond donors (Lipinski definition) is 0. The minimum atomic E-state index is -0.352. The van der Waals surface area contributed by atoms with Gasteiger partial charge in [-0.15, -0.1) is 0 Å². The molecule has 0 aromatic heterocycles. The van der Waals surface area contributed by atoms with Crippen LogP contribution in [0.3, 0.4) is 0 Å². The number of rotatable bonds is 4. The van der Waals surface area contributed by atoms with Gasteiger partial charge in [0.25, 0.3) is 0 Å². The van der Waals surface area contributed by atoms with Crippen molar-refractivity contribution in [3.63, 3.8) is 0 Å². The normalized spacial score (nSPS) is 12.4. The molecule has 0 amide bonds. The zero-order valence-electron chi connectivity index (χ0n) is 12.2. The smallest absolute Gasteiger partial charge is 0.330 e. The lowest BCUT2D eigenvalue weighted by Crippen LogP contribution is -1.92. The third kappa shape index (κ3) is 3.93. The van der Waals surface area contributed by atoms with E-state index in [1.165, 1.54) is 35.1 Å². The van der Waals surface area contributed by atoms with Crippen LogP contribution in [0.5, 0.6) is 0 Å². The molecule has 0 saturated heterocycles. The summed E-state index contributed by atoms with van der Waals surface area (Å²) in [5, 5.41) is 2.48. The molecule has 0 heterocycles. The first-order valence-electron chi connectivity index (χ1n) is 6.80. The van der Waals surface area contributed by atoms with Crippen LogP contribution in [-0.4, -0.2) is 13.1 Å². The maximum absolute atomic E-state index is 10.9. The SMILES string of the molecule is COC(=O)C=CC=CC=C(C)c1cccc2ccccc12. The largest absolute Gasteiger partial charge is 0.466 e. The molecule has 0 fully saturated rings. The van der Waals surface area contributed by atoms with Crippen molar-refractivity contribution in [2.75, 3.05) is 7.11 Å². The molecule has 0 saturated carbocycles. The molecule has 2 rings (SSSR count). The molecular formula is C19H18O2. The molecule has 2 aromatic carbocycles. The van der Waals surface area contributed by atoms with E-state index in [0.717, 1.165) is 0 Å². The van der Waals surface area contributed by atoms with Crippen LogP contribution in [-0.2, 0) is 9.53 Å². The number of methoxy groups -OCH3 is 1. The quantitative estimate of drug-likeness (QED) is 0.466. The van der Waals surface area contributed by atoms with Gasteiger partial charge in [0.2, 0.25) is 0 Å². The fraction of sp³-hybridized carbons (Fsp3) is 0.105. The number of allylic oxidation sites excluding steroid dienone is 5. The van der Waals surface area contributed by atoms with Gasteiger partial charge in [-0.1, -0.05) is 66.8 Å². The Labute approximate surface area is 125 Å². The molecule has 0 spiro atoms. The molecule has 2 nitrogen and oxygen atoms in total. The Morgan fingerprint density at radius 3 is 2.57 bits per heavy atom. The molecule has 2 aromatic rings. The minimum Gasteiger partial charge on any atom is -0.466 e. The number of hydrogen-bond acceptors (Lipinski definition) is 2. The average molecular weight is 278 g/mol. The van der Waals surface area contributed by atoms with Crippen molar-refractivity contribution in [2.45, 2.75) is 6.92 Å². The monoisotopic (exact) mass is 278 g/mol. The third-order valence-electron chi connectivity index (χ3n) is 3.22. The van der Waals surface area contributed by atoms with Gasteiger partial charge in [0, 0.05) is 6.08 Å². The zero-order valence-corrected chi connectivity index (χ0v) is 12.2. The van der Waals surface area contributed by atoms with Gasteiger partial charge in [-0.3, -0.25) is 0 Å². The van der Waals surface area contributed by atoms with E-state index in [0.29, 0.717) is 0 Å². The second kappa shape index (κ2) is 7.25. The second-order valence-electron chi connectivity index (χ2n) is 4.64. The summed E-state index contributed by atoms with van der Waals surface area (Å²) < 4.78 is 4.52. The van der Waals surface area contributed by atoms with E-state index in [2.05, 4.69) is 42.0 Å². The molecule has 106 valence electrons. The Morgan fingerprint density at radius 2 is 1.76 bits per heavy atom. The lowest BCUT2D eigenvalue weighted by atomic mass is 9.99. The second-order valence-corrected chi connectivity index (χ2v) is 4.64. The van der Waals surface area contributed by atoms with Crippen molar-refractivity contribution in [3.05, 3.63) is 78.4 Å². The van der Waals surface area contributed by atoms with Crippen molar-refractivity contribution in [1.29, 1.82) is 0 Å². The first-order chi connectivity index (χ1) is 10.2. The van der Waals surface area contributed by atoms with Crippen LogP contribution < -0.4 is 0 Å². The molecule has 0 aliphatic rings. The summed E-state index contributed by atoms with van der Waals surface area (Å²) in [5.74, 6) is -0.352. The standard InChI is InChI=1S/C19H18O2/c1-15(9-4-3-5-14-19(20)21-2)17-13-8-11-16-10-6-7-12-18(16)17/h3-14H,1-2H3. The summed E-state index contributed by atoms with van der Waals surface area (Å²) in [4.78, 5) is 10.9. The minimum absolute atomic E-state index is 0.352. The van der Waals surface area contributed by atoms with E-state index in [1.54, 1.807) is 6.08 Å². The molecule has 0 aliphatic carbocycles. The molecule has 0 bridgehead atoms. The Bertz CT molecular complexity index is 716. The van der Waals surface area contributed by atoms with Crippen LogP contribution in [0.2, 0.25) is 0 Å². The predicted octanol–water partition coefficient (Wildman–Crippen LogP) is 4.53. The summed E-state index contributed by atoms with van der Waals surface area (Å²) in [5.41, 5.74) is 2.39. The zero-order chi connectivity index (χ0) is 15.1. The molecule has 0 atom stereocenters. The lowest BCUT2D eigenvalue weighted by molar-refractivity contribution is -0.134. The summed E-state index contributed by atoms with van der Waals surface area (Å²) in [6.07, 6.45) is 8.81. The number of carbonyl (C=O) groups excluding carboxylic acids is 1.